The number of hydrogen-bond acceptors (Lipinski definition) is 2. The molecule has 0 amide bonds. The molecular weight excluding hydrogens is 407 g/mol. The maximum absolute atomic E-state index is 13.3. The van der Waals surface area contributed by atoms with Crippen LogP contribution in [0.5, 0.6) is 0 Å². The van der Waals surface area contributed by atoms with Gasteiger partial charge in [0.2, 0.25) is 0 Å². The molecule has 4 rings (SSSR count). The minimum Gasteiger partial charge on any atom is -0.616 e. The predicted molar refractivity (Wildman–Crippen MR) is 114 cm³/mol. The van der Waals surface area contributed by atoms with E-state index in [0.29, 0.717) is 24.4 Å². The van der Waals surface area contributed by atoms with E-state index in [-0.39, 0.29) is 10.8 Å². The zero-order valence-electron chi connectivity index (χ0n) is 16.3. The Morgan fingerprint density at radius 3 is 2.27 bits per heavy atom. The molecule has 0 bridgehead atoms. The third-order valence-electron chi connectivity index (χ3n) is 5.43. The summed E-state index contributed by atoms with van der Waals surface area (Å²) in [7, 11) is 0. The third kappa shape index (κ3) is 4.72. The van der Waals surface area contributed by atoms with Crippen LogP contribution >= 0.6 is 0 Å². The van der Waals surface area contributed by atoms with Gasteiger partial charge < -0.3 is 4.55 Å². The quantitative estimate of drug-likeness (QED) is 0.499. The van der Waals surface area contributed by atoms with E-state index < -0.39 is 22.9 Å². The zero-order valence-corrected chi connectivity index (χ0v) is 17.1. The van der Waals surface area contributed by atoms with E-state index in [0.717, 1.165) is 23.7 Å². The second kappa shape index (κ2) is 8.84. The van der Waals surface area contributed by atoms with Crippen LogP contribution in [0.4, 0.5) is 13.2 Å². The Bertz CT molecular complexity index is 976. The lowest BCUT2D eigenvalue weighted by Gasteiger charge is -2.34. The molecule has 1 heterocycles. The normalized spacial score (nSPS) is 20.3. The van der Waals surface area contributed by atoms with Crippen molar-refractivity contribution in [3.05, 3.63) is 95.6 Å². The second-order valence-corrected chi connectivity index (χ2v) is 9.20. The Labute approximate surface area is 177 Å². The lowest BCUT2D eigenvalue weighted by Crippen LogP contribution is -2.41. The first-order chi connectivity index (χ1) is 14.4. The summed E-state index contributed by atoms with van der Waals surface area (Å²) in [5.74, 6) is 0.622. The van der Waals surface area contributed by atoms with Gasteiger partial charge in [-0.3, -0.25) is 4.90 Å². The van der Waals surface area contributed by atoms with Gasteiger partial charge in [-0.1, -0.05) is 72.8 Å². The summed E-state index contributed by atoms with van der Waals surface area (Å²) in [4.78, 5) is 2.26. The average Bonchev–Trinajstić information content (AvgIpc) is 2.76. The highest BCUT2D eigenvalue weighted by molar-refractivity contribution is 7.91. The van der Waals surface area contributed by atoms with E-state index in [9.17, 15) is 17.7 Å². The lowest BCUT2D eigenvalue weighted by atomic mass is 9.98. The predicted octanol–water partition coefficient (Wildman–Crippen LogP) is 5.68. The van der Waals surface area contributed by atoms with Gasteiger partial charge in [0.25, 0.3) is 0 Å². The van der Waals surface area contributed by atoms with Crippen molar-refractivity contribution in [2.24, 2.45) is 0 Å². The number of rotatable bonds is 4. The number of alkyl halides is 3. The number of halogens is 3. The molecular formula is C24H22F3NOS. The Hall–Kier alpha value is -2.28. The van der Waals surface area contributed by atoms with Crippen molar-refractivity contribution in [1.29, 1.82) is 0 Å². The van der Waals surface area contributed by atoms with Gasteiger partial charge in [-0.25, -0.2) is 0 Å². The van der Waals surface area contributed by atoms with Gasteiger partial charge >= 0.3 is 6.18 Å². The molecule has 30 heavy (non-hydrogen) atoms. The average molecular weight is 430 g/mol. The van der Waals surface area contributed by atoms with Gasteiger partial charge in [0.05, 0.1) is 12.1 Å². The van der Waals surface area contributed by atoms with E-state index >= 15 is 0 Å². The van der Waals surface area contributed by atoms with Crippen LogP contribution in [0.3, 0.4) is 0 Å². The van der Waals surface area contributed by atoms with Crippen molar-refractivity contribution >= 4 is 11.2 Å². The molecule has 1 aliphatic rings. The van der Waals surface area contributed by atoms with Gasteiger partial charge in [0, 0.05) is 18.7 Å². The Balaban J connectivity index is 1.48. The summed E-state index contributed by atoms with van der Waals surface area (Å²) in [5.41, 5.74) is 2.23. The monoisotopic (exact) mass is 429 g/mol. The molecule has 1 fully saturated rings. The largest absolute Gasteiger partial charge is 0.616 e. The first kappa shape index (κ1) is 21.0. The molecule has 3 aromatic rings. The summed E-state index contributed by atoms with van der Waals surface area (Å²) >= 11 is -0.896. The molecule has 0 aromatic heterocycles. The molecule has 6 heteroatoms. The topological polar surface area (TPSA) is 26.3 Å². The molecule has 1 aliphatic heterocycles. The van der Waals surface area contributed by atoms with E-state index in [1.807, 2.05) is 42.5 Å². The van der Waals surface area contributed by atoms with E-state index in [1.165, 1.54) is 12.1 Å². The van der Waals surface area contributed by atoms with Crippen molar-refractivity contribution in [2.75, 3.05) is 18.8 Å². The van der Waals surface area contributed by atoms with Crippen LogP contribution in [-0.4, -0.2) is 28.3 Å². The number of nitrogens with zero attached hydrogens (tertiary/aromatic N) is 1. The Kier molecular flexibility index (Phi) is 6.18. The SMILES string of the molecule is [O-][S+]1CCN(Cc2ccc(-c3ccccc3C(F)(F)F)cc2)CC1c1ccccc1. The molecule has 156 valence electrons. The summed E-state index contributed by atoms with van der Waals surface area (Å²) in [5, 5.41) is -0.0158. The fourth-order valence-electron chi connectivity index (χ4n) is 3.87. The van der Waals surface area contributed by atoms with Crippen LogP contribution in [0, 0.1) is 0 Å². The minimum absolute atomic E-state index is 0.0158. The molecule has 0 radical (unpaired) electrons. The number of hydrogen-bond donors (Lipinski definition) is 0. The first-order valence-electron chi connectivity index (χ1n) is 9.82. The molecule has 3 aromatic carbocycles. The fourth-order valence-corrected chi connectivity index (χ4v) is 5.43. The summed E-state index contributed by atoms with van der Waals surface area (Å²) in [6.07, 6.45) is -4.38. The summed E-state index contributed by atoms with van der Waals surface area (Å²) < 4.78 is 52.4. The Morgan fingerprint density at radius 1 is 0.900 bits per heavy atom. The highest BCUT2D eigenvalue weighted by atomic mass is 32.2. The van der Waals surface area contributed by atoms with Gasteiger partial charge in [-0.2, -0.15) is 13.2 Å². The molecule has 0 saturated carbocycles. The van der Waals surface area contributed by atoms with Crippen molar-refractivity contribution in [3.8, 4) is 11.1 Å². The lowest BCUT2D eigenvalue weighted by molar-refractivity contribution is -0.137. The van der Waals surface area contributed by atoms with Crippen molar-refractivity contribution in [2.45, 2.75) is 18.0 Å². The van der Waals surface area contributed by atoms with Crippen LogP contribution in [0.25, 0.3) is 11.1 Å². The highest BCUT2D eigenvalue weighted by Crippen LogP contribution is 2.37. The summed E-state index contributed by atoms with van der Waals surface area (Å²) in [6, 6.07) is 22.8. The van der Waals surface area contributed by atoms with Crippen LogP contribution in [-0.2, 0) is 23.9 Å². The van der Waals surface area contributed by atoms with Crippen molar-refractivity contribution in [3.63, 3.8) is 0 Å². The van der Waals surface area contributed by atoms with Gasteiger partial charge in [-0.15, -0.1) is 0 Å². The second-order valence-electron chi connectivity index (χ2n) is 7.46. The van der Waals surface area contributed by atoms with Crippen LogP contribution in [0.15, 0.2) is 78.9 Å². The Morgan fingerprint density at radius 2 is 1.57 bits per heavy atom. The van der Waals surface area contributed by atoms with E-state index in [1.54, 1.807) is 18.2 Å². The fraction of sp³-hybridized carbons (Fsp3) is 0.250. The van der Waals surface area contributed by atoms with E-state index in [4.69, 9.17) is 0 Å². The highest BCUT2D eigenvalue weighted by Gasteiger charge is 2.34. The van der Waals surface area contributed by atoms with E-state index in [2.05, 4.69) is 4.90 Å². The van der Waals surface area contributed by atoms with Crippen molar-refractivity contribution in [1.82, 2.24) is 4.90 Å². The van der Waals surface area contributed by atoms with Crippen LogP contribution < -0.4 is 0 Å². The van der Waals surface area contributed by atoms with Gasteiger partial charge in [0.15, 0.2) is 5.25 Å². The van der Waals surface area contributed by atoms with Crippen LogP contribution in [0.1, 0.15) is 21.9 Å². The maximum Gasteiger partial charge on any atom is 0.417 e. The van der Waals surface area contributed by atoms with Gasteiger partial charge in [-0.05, 0) is 33.9 Å². The molecule has 1 saturated heterocycles. The van der Waals surface area contributed by atoms with Gasteiger partial charge in [0.1, 0.15) is 5.75 Å². The molecule has 0 aliphatic carbocycles. The molecule has 2 nitrogen and oxygen atoms in total. The minimum atomic E-state index is -4.38. The zero-order chi connectivity index (χ0) is 21.1. The molecule has 0 N–H and O–H groups in total. The molecule has 0 spiro atoms. The third-order valence-corrected chi connectivity index (χ3v) is 7.07. The van der Waals surface area contributed by atoms with Crippen molar-refractivity contribution < 1.29 is 17.7 Å². The molecule has 2 unspecified atom stereocenters. The number of benzene rings is 3. The standard InChI is InChI=1S/C24H22F3NOS/c25-24(26,27)22-9-5-4-8-21(22)19-12-10-18(11-13-19)16-28-14-15-30(29)23(17-28)20-6-2-1-3-7-20/h1-13,23H,14-17H2. The van der Waals surface area contributed by atoms with Crippen LogP contribution in [0.2, 0.25) is 0 Å². The maximum atomic E-state index is 13.3. The first-order valence-corrected chi connectivity index (χ1v) is 11.2. The molecule has 2 atom stereocenters. The smallest absolute Gasteiger partial charge is 0.417 e. The summed E-state index contributed by atoms with van der Waals surface area (Å²) in [6.45, 7) is 2.13.